The fourth-order valence-corrected chi connectivity index (χ4v) is 1.04. The molecule has 0 spiro atoms. The summed E-state index contributed by atoms with van der Waals surface area (Å²) in [4.78, 5) is 10.7. The Bertz CT molecular complexity index is 276. The second-order valence-electron chi connectivity index (χ2n) is 2.41. The van der Waals surface area contributed by atoms with Gasteiger partial charge < -0.3 is 5.73 Å². The van der Waals surface area contributed by atoms with Crippen molar-refractivity contribution in [2.45, 2.75) is 6.92 Å². The van der Waals surface area contributed by atoms with E-state index in [-0.39, 0.29) is 0 Å². The number of aryl methyl sites for hydroxylation is 1. The van der Waals surface area contributed by atoms with Gasteiger partial charge in [-0.25, -0.2) is 0 Å². The highest BCUT2D eigenvalue weighted by Gasteiger charge is 2.01. The van der Waals surface area contributed by atoms with E-state index in [1.165, 1.54) is 0 Å². The van der Waals surface area contributed by atoms with Crippen LogP contribution in [0.15, 0.2) is 18.2 Å². The Morgan fingerprint density at radius 1 is 1.45 bits per heavy atom. The molecule has 1 rings (SSSR count). The van der Waals surface area contributed by atoms with Crippen LogP contribution in [0.5, 0.6) is 0 Å². The molecule has 0 aliphatic carbocycles. The van der Waals surface area contributed by atoms with Gasteiger partial charge in [0.15, 0.2) is 0 Å². The average molecular weight is 170 g/mol. The summed E-state index contributed by atoms with van der Waals surface area (Å²) in [6.45, 7) is 1.86. The van der Waals surface area contributed by atoms with Crippen LogP contribution < -0.4 is 5.73 Å². The first-order valence-corrected chi connectivity index (χ1v) is 3.54. The topological polar surface area (TPSA) is 43.1 Å². The van der Waals surface area contributed by atoms with E-state index >= 15 is 0 Å². The molecule has 0 radical (unpaired) electrons. The summed E-state index contributed by atoms with van der Waals surface area (Å²) in [5, 5.41) is -0.472. The third kappa shape index (κ3) is 1.95. The third-order valence-corrected chi connectivity index (χ3v) is 1.54. The number of anilines is 1. The van der Waals surface area contributed by atoms with Gasteiger partial charge in [-0.3, -0.25) is 4.79 Å². The van der Waals surface area contributed by atoms with E-state index in [1.54, 1.807) is 18.2 Å². The minimum Gasteiger partial charge on any atom is -0.399 e. The molecule has 1 aromatic carbocycles. The molecule has 1 aromatic rings. The molecule has 2 nitrogen and oxygen atoms in total. The van der Waals surface area contributed by atoms with Crippen molar-refractivity contribution in [2.24, 2.45) is 0 Å². The lowest BCUT2D eigenvalue weighted by molar-refractivity contribution is 0.108. The van der Waals surface area contributed by atoms with Gasteiger partial charge in [0.2, 0.25) is 0 Å². The predicted molar refractivity (Wildman–Crippen MR) is 45.8 cm³/mol. The minimum absolute atomic E-state index is 0.448. The molecule has 0 aromatic heterocycles. The molecule has 0 aliphatic heterocycles. The Labute approximate surface area is 70.0 Å². The van der Waals surface area contributed by atoms with Crippen LogP contribution in [0.25, 0.3) is 0 Å². The van der Waals surface area contributed by atoms with Crippen molar-refractivity contribution >= 4 is 22.5 Å². The Kier molecular flexibility index (Phi) is 2.15. The molecule has 0 fully saturated rings. The van der Waals surface area contributed by atoms with E-state index in [0.29, 0.717) is 11.3 Å². The van der Waals surface area contributed by atoms with Crippen LogP contribution in [-0.4, -0.2) is 5.24 Å². The van der Waals surface area contributed by atoms with Gasteiger partial charge in [-0.15, -0.1) is 0 Å². The summed E-state index contributed by atoms with van der Waals surface area (Å²) < 4.78 is 0. The molecular weight excluding hydrogens is 162 g/mol. The molecule has 0 atom stereocenters. The maximum atomic E-state index is 10.7. The molecule has 0 saturated carbocycles. The number of hydrogen-bond donors (Lipinski definition) is 1. The Hall–Kier alpha value is -1.02. The Balaban J connectivity index is 3.19. The van der Waals surface area contributed by atoms with Crippen molar-refractivity contribution in [3.63, 3.8) is 0 Å². The van der Waals surface area contributed by atoms with Crippen LogP contribution in [0.2, 0.25) is 0 Å². The van der Waals surface area contributed by atoms with E-state index < -0.39 is 5.24 Å². The van der Waals surface area contributed by atoms with Crippen molar-refractivity contribution < 1.29 is 4.79 Å². The molecule has 58 valence electrons. The second-order valence-corrected chi connectivity index (χ2v) is 2.75. The van der Waals surface area contributed by atoms with Crippen LogP contribution >= 0.6 is 11.6 Å². The normalized spacial score (nSPS) is 9.64. The van der Waals surface area contributed by atoms with Gasteiger partial charge in [0.1, 0.15) is 0 Å². The van der Waals surface area contributed by atoms with Gasteiger partial charge >= 0.3 is 0 Å². The first-order valence-electron chi connectivity index (χ1n) is 3.16. The minimum atomic E-state index is -0.472. The fourth-order valence-electron chi connectivity index (χ4n) is 0.926. The molecule has 0 aliphatic rings. The summed E-state index contributed by atoms with van der Waals surface area (Å²) in [5.74, 6) is 0. The van der Waals surface area contributed by atoms with Gasteiger partial charge in [-0.2, -0.15) is 0 Å². The highest BCUT2D eigenvalue weighted by atomic mass is 35.5. The Morgan fingerprint density at radius 3 is 2.55 bits per heavy atom. The van der Waals surface area contributed by atoms with Crippen LogP contribution in [0.1, 0.15) is 15.9 Å². The van der Waals surface area contributed by atoms with Crippen molar-refractivity contribution in [2.75, 3.05) is 5.73 Å². The molecule has 0 saturated heterocycles. The maximum absolute atomic E-state index is 10.7. The smallest absolute Gasteiger partial charge is 0.252 e. The van der Waals surface area contributed by atoms with Gasteiger partial charge in [0.25, 0.3) is 5.24 Å². The lowest BCUT2D eigenvalue weighted by Gasteiger charge is -1.98. The lowest BCUT2D eigenvalue weighted by atomic mass is 10.1. The zero-order chi connectivity index (χ0) is 8.43. The second kappa shape index (κ2) is 2.93. The number of hydrogen-bond acceptors (Lipinski definition) is 2. The summed E-state index contributed by atoms with van der Waals surface area (Å²) >= 11 is 5.25. The predicted octanol–water partition coefficient (Wildman–Crippen LogP) is 1.96. The molecule has 11 heavy (non-hydrogen) atoms. The highest BCUT2D eigenvalue weighted by Crippen LogP contribution is 2.12. The Morgan fingerprint density at radius 2 is 2.09 bits per heavy atom. The first kappa shape index (κ1) is 8.08. The monoisotopic (exact) mass is 169 g/mol. The van der Waals surface area contributed by atoms with Crippen LogP contribution in [0.3, 0.4) is 0 Å². The largest absolute Gasteiger partial charge is 0.399 e. The van der Waals surface area contributed by atoms with Crippen molar-refractivity contribution in [3.8, 4) is 0 Å². The molecule has 2 N–H and O–H groups in total. The number of nitrogens with two attached hydrogens (primary N) is 1. The molecule has 0 amide bonds. The summed E-state index contributed by atoms with van der Waals surface area (Å²) in [6.07, 6.45) is 0. The van der Waals surface area contributed by atoms with Crippen molar-refractivity contribution in [1.29, 1.82) is 0 Å². The highest BCUT2D eigenvalue weighted by molar-refractivity contribution is 6.67. The number of halogens is 1. The van der Waals surface area contributed by atoms with Crippen LogP contribution in [-0.2, 0) is 0 Å². The molecule has 0 bridgehead atoms. The number of carbonyl (C=O) groups excluding carboxylic acids is 1. The van der Waals surface area contributed by atoms with E-state index in [2.05, 4.69) is 0 Å². The van der Waals surface area contributed by atoms with Gasteiger partial charge in [0, 0.05) is 11.3 Å². The summed E-state index contributed by atoms with van der Waals surface area (Å²) in [6, 6.07) is 5.04. The lowest BCUT2D eigenvalue weighted by Crippen LogP contribution is -1.93. The summed E-state index contributed by atoms with van der Waals surface area (Å²) in [7, 11) is 0. The van der Waals surface area contributed by atoms with Gasteiger partial charge in [-0.05, 0) is 42.3 Å². The number of rotatable bonds is 1. The summed E-state index contributed by atoms with van der Waals surface area (Å²) in [5.41, 5.74) is 7.44. The van der Waals surface area contributed by atoms with Crippen molar-refractivity contribution in [1.82, 2.24) is 0 Å². The standard InChI is InChI=1S/C8H8ClNO/c1-5-2-6(8(9)11)4-7(10)3-5/h2-4H,10H2,1H3. The van der Waals surface area contributed by atoms with E-state index in [9.17, 15) is 4.79 Å². The number of nitrogen functional groups attached to an aromatic ring is 1. The fraction of sp³-hybridized carbons (Fsp3) is 0.125. The van der Waals surface area contributed by atoms with Crippen molar-refractivity contribution in [3.05, 3.63) is 29.3 Å². The first-order chi connectivity index (χ1) is 5.09. The zero-order valence-corrected chi connectivity index (χ0v) is 6.85. The molecule has 0 unspecified atom stereocenters. The zero-order valence-electron chi connectivity index (χ0n) is 6.10. The molecule has 3 heteroatoms. The van der Waals surface area contributed by atoms with E-state index in [1.807, 2.05) is 6.92 Å². The van der Waals surface area contributed by atoms with Gasteiger partial charge in [-0.1, -0.05) is 0 Å². The molecular formula is C8H8ClNO. The molecule has 0 heterocycles. The van der Waals surface area contributed by atoms with E-state index in [0.717, 1.165) is 5.56 Å². The number of benzene rings is 1. The SMILES string of the molecule is Cc1cc(N)cc(C(=O)Cl)c1. The van der Waals surface area contributed by atoms with E-state index in [4.69, 9.17) is 17.3 Å². The van der Waals surface area contributed by atoms with Crippen LogP contribution in [0, 0.1) is 6.92 Å². The quantitative estimate of drug-likeness (QED) is 0.516. The third-order valence-electron chi connectivity index (χ3n) is 1.33. The maximum Gasteiger partial charge on any atom is 0.252 e. The average Bonchev–Trinajstić information content (AvgIpc) is 1.85. The number of carbonyl (C=O) groups is 1. The van der Waals surface area contributed by atoms with Gasteiger partial charge in [0.05, 0.1) is 0 Å². The van der Waals surface area contributed by atoms with Crippen LogP contribution in [0.4, 0.5) is 5.69 Å².